The third-order valence-electron chi connectivity index (χ3n) is 4.70. The van der Waals surface area contributed by atoms with E-state index in [0.29, 0.717) is 24.8 Å². The molecule has 1 saturated carbocycles. The number of benzene rings is 1. The van der Waals surface area contributed by atoms with Crippen molar-refractivity contribution in [3.63, 3.8) is 0 Å². The lowest BCUT2D eigenvalue weighted by Gasteiger charge is -2.11. The SMILES string of the molecule is C[C@@H]1C[C@@H]1c1ccc(CN(C)Cc2nc(Cc3ccccc3)no2)o1. The minimum Gasteiger partial charge on any atom is -0.464 e. The molecule has 5 nitrogen and oxygen atoms in total. The molecule has 0 aliphatic heterocycles. The van der Waals surface area contributed by atoms with E-state index < -0.39 is 0 Å². The van der Waals surface area contributed by atoms with Crippen LogP contribution in [0, 0.1) is 5.92 Å². The quantitative estimate of drug-likeness (QED) is 0.652. The number of aromatic nitrogens is 2. The molecule has 0 spiro atoms. The van der Waals surface area contributed by atoms with Gasteiger partial charge in [0.2, 0.25) is 5.89 Å². The Morgan fingerprint density at radius 1 is 1.12 bits per heavy atom. The van der Waals surface area contributed by atoms with Gasteiger partial charge < -0.3 is 8.94 Å². The average Bonchev–Trinajstić information content (AvgIpc) is 2.97. The fourth-order valence-electron chi connectivity index (χ4n) is 3.15. The molecule has 0 bridgehead atoms. The standard InChI is InChI=1S/C20H23N3O2/c1-14-10-17(14)18-9-8-16(24-18)12-23(2)13-20-21-19(22-25-20)11-15-6-4-3-5-7-15/h3-9,14,17H,10-13H2,1-2H3/t14-,17+/m1/s1. The minimum atomic E-state index is 0.609. The summed E-state index contributed by atoms with van der Waals surface area (Å²) in [4.78, 5) is 6.61. The van der Waals surface area contributed by atoms with Crippen LogP contribution in [0.25, 0.3) is 0 Å². The maximum Gasteiger partial charge on any atom is 0.240 e. The molecule has 0 radical (unpaired) electrons. The highest BCUT2D eigenvalue weighted by molar-refractivity contribution is 5.19. The van der Waals surface area contributed by atoms with Crippen LogP contribution >= 0.6 is 0 Å². The topological polar surface area (TPSA) is 55.3 Å². The van der Waals surface area contributed by atoms with E-state index in [1.165, 1.54) is 12.0 Å². The largest absolute Gasteiger partial charge is 0.464 e. The van der Waals surface area contributed by atoms with Gasteiger partial charge in [0, 0.05) is 12.3 Å². The second-order valence-corrected chi connectivity index (χ2v) is 7.06. The van der Waals surface area contributed by atoms with Crippen LogP contribution in [-0.2, 0) is 19.5 Å². The Balaban J connectivity index is 1.32. The lowest BCUT2D eigenvalue weighted by molar-refractivity contribution is 0.242. The first kappa shape index (κ1) is 16.1. The van der Waals surface area contributed by atoms with Gasteiger partial charge in [0.25, 0.3) is 0 Å². The van der Waals surface area contributed by atoms with E-state index in [9.17, 15) is 0 Å². The smallest absolute Gasteiger partial charge is 0.240 e. The van der Waals surface area contributed by atoms with Crippen LogP contribution in [-0.4, -0.2) is 22.1 Å². The fourth-order valence-corrected chi connectivity index (χ4v) is 3.15. The summed E-state index contributed by atoms with van der Waals surface area (Å²) in [6.45, 7) is 3.61. The lowest BCUT2D eigenvalue weighted by Crippen LogP contribution is -2.17. The summed E-state index contributed by atoms with van der Waals surface area (Å²) >= 11 is 0. The maximum atomic E-state index is 5.96. The van der Waals surface area contributed by atoms with Gasteiger partial charge in [0.15, 0.2) is 5.82 Å². The Labute approximate surface area is 147 Å². The molecule has 3 aromatic rings. The van der Waals surface area contributed by atoms with Gasteiger partial charge in [-0.3, -0.25) is 4.90 Å². The molecule has 1 aromatic carbocycles. The van der Waals surface area contributed by atoms with Crippen molar-refractivity contribution in [3.05, 3.63) is 71.3 Å². The Morgan fingerprint density at radius 3 is 2.68 bits per heavy atom. The van der Waals surface area contributed by atoms with E-state index in [-0.39, 0.29) is 0 Å². The summed E-state index contributed by atoms with van der Waals surface area (Å²) in [5.74, 6) is 4.85. The molecule has 130 valence electrons. The molecular formula is C20H23N3O2. The second kappa shape index (κ2) is 6.84. The molecule has 1 fully saturated rings. The van der Waals surface area contributed by atoms with Gasteiger partial charge >= 0.3 is 0 Å². The van der Waals surface area contributed by atoms with Crippen molar-refractivity contribution >= 4 is 0 Å². The van der Waals surface area contributed by atoms with E-state index >= 15 is 0 Å². The monoisotopic (exact) mass is 337 g/mol. The highest BCUT2D eigenvalue weighted by Gasteiger charge is 2.36. The normalized spacial score (nSPS) is 19.5. The van der Waals surface area contributed by atoms with Crippen LogP contribution in [0.2, 0.25) is 0 Å². The van der Waals surface area contributed by atoms with Crippen molar-refractivity contribution in [2.45, 2.75) is 38.8 Å². The zero-order chi connectivity index (χ0) is 17.2. The van der Waals surface area contributed by atoms with E-state index in [4.69, 9.17) is 8.94 Å². The number of hydrogen-bond donors (Lipinski definition) is 0. The number of nitrogens with zero attached hydrogens (tertiary/aromatic N) is 3. The van der Waals surface area contributed by atoms with Crippen molar-refractivity contribution in [1.29, 1.82) is 0 Å². The zero-order valence-corrected chi connectivity index (χ0v) is 14.7. The van der Waals surface area contributed by atoms with E-state index in [1.54, 1.807) is 0 Å². The zero-order valence-electron chi connectivity index (χ0n) is 14.7. The molecule has 5 heteroatoms. The molecule has 1 aliphatic carbocycles. The highest BCUT2D eigenvalue weighted by atomic mass is 16.5. The molecule has 2 heterocycles. The second-order valence-electron chi connectivity index (χ2n) is 7.06. The molecule has 4 rings (SSSR count). The summed E-state index contributed by atoms with van der Waals surface area (Å²) in [5.41, 5.74) is 1.18. The van der Waals surface area contributed by atoms with Crippen LogP contribution in [0.5, 0.6) is 0 Å². The molecular weight excluding hydrogens is 314 g/mol. The summed E-state index contributed by atoms with van der Waals surface area (Å²) < 4.78 is 11.3. The Bertz CT molecular complexity index is 824. The fraction of sp³-hybridized carbons (Fsp3) is 0.400. The third kappa shape index (κ3) is 3.99. The third-order valence-corrected chi connectivity index (χ3v) is 4.70. The van der Waals surface area contributed by atoms with E-state index in [1.807, 2.05) is 25.2 Å². The number of hydrogen-bond acceptors (Lipinski definition) is 5. The Kier molecular flexibility index (Phi) is 4.40. The molecule has 0 N–H and O–H groups in total. The van der Waals surface area contributed by atoms with Gasteiger partial charge in [-0.05, 0) is 37.1 Å². The molecule has 0 amide bonds. The summed E-state index contributed by atoms with van der Waals surface area (Å²) in [6.07, 6.45) is 1.93. The Morgan fingerprint density at radius 2 is 1.92 bits per heavy atom. The first-order chi connectivity index (χ1) is 12.2. The number of rotatable bonds is 7. The lowest BCUT2D eigenvalue weighted by atomic mass is 10.1. The van der Waals surface area contributed by atoms with Crippen LogP contribution < -0.4 is 0 Å². The van der Waals surface area contributed by atoms with Gasteiger partial charge in [0.05, 0.1) is 13.1 Å². The predicted molar refractivity (Wildman–Crippen MR) is 93.9 cm³/mol. The van der Waals surface area contributed by atoms with E-state index in [0.717, 1.165) is 29.8 Å². The molecule has 25 heavy (non-hydrogen) atoms. The number of furan rings is 1. The van der Waals surface area contributed by atoms with Crippen molar-refractivity contribution in [1.82, 2.24) is 15.0 Å². The molecule has 0 unspecified atom stereocenters. The van der Waals surface area contributed by atoms with Crippen LogP contribution in [0.1, 0.15) is 48.1 Å². The molecule has 1 aliphatic rings. The van der Waals surface area contributed by atoms with Gasteiger partial charge in [-0.15, -0.1) is 0 Å². The summed E-state index contributed by atoms with van der Waals surface area (Å²) in [7, 11) is 2.03. The first-order valence-corrected chi connectivity index (χ1v) is 8.80. The predicted octanol–water partition coefficient (Wildman–Crippen LogP) is 4.01. The van der Waals surface area contributed by atoms with Gasteiger partial charge in [-0.25, -0.2) is 0 Å². The van der Waals surface area contributed by atoms with Crippen LogP contribution in [0.15, 0.2) is 51.4 Å². The van der Waals surface area contributed by atoms with Crippen molar-refractivity contribution in [3.8, 4) is 0 Å². The Hall–Kier alpha value is -2.40. The van der Waals surface area contributed by atoms with Gasteiger partial charge in [0.1, 0.15) is 11.5 Å². The van der Waals surface area contributed by atoms with Crippen molar-refractivity contribution in [2.75, 3.05) is 7.05 Å². The molecule has 0 saturated heterocycles. The van der Waals surface area contributed by atoms with Crippen molar-refractivity contribution < 1.29 is 8.94 Å². The maximum absolute atomic E-state index is 5.96. The average molecular weight is 337 g/mol. The minimum absolute atomic E-state index is 0.609. The van der Waals surface area contributed by atoms with E-state index in [2.05, 4.69) is 46.2 Å². The molecule has 2 atom stereocenters. The van der Waals surface area contributed by atoms with Crippen LogP contribution in [0.3, 0.4) is 0 Å². The van der Waals surface area contributed by atoms with Gasteiger partial charge in [-0.1, -0.05) is 42.4 Å². The summed E-state index contributed by atoms with van der Waals surface area (Å²) in [5, 5.41) is 4.08. The van der Waals surface area contributed by atoms with Gasteiger partial charge in [-0.2, -0.15) is 4.98 Å². The molecule has 2 aromatic heterocycles. The first-order valence-electron chi connectivity index (χ1n) is 8.80. The summed E-state index contributed by atoms with van der Waals surface area (Å²) in [6, 6.07) is 14.4. The van der Waals surface area contributed by atoms with Crippen LogP contribution in [0.4, 0.5) is 0 Å². The highest BCUT2D eigenvalue weighted by Crippen LogP contribution is 2.47. The van der Waals surface area contributed by atoms with Crippen molar-refractivity contribution in [2.24, 2.45) is 5.92 Å².